The second kappa shape index (κ2) is 12.1. The van der Waals surface area contributed by atoms with Crippen molar-refractivity contribution in [2.24, 2.45) is 5.16 Å². The second-order valence-electron chi connectivity index (χ2n) is 7.66. The zero-order chi connectivity index (χ0) is 23.6. The molecule has 174 valence electrons. The summed E-state index contributed by atoms with van der Waals surface area (Å²) in [5.74, 6) is -0.810. The predicted molar refractivity (Wildman–Crippen MR) is 127 cm³/mol. The number of aromatic nitrogens is 1. The number of aliphatic carboxylic acids is 1. The Bertz CT molecular complexity index is 1080. The molecule has 0 saturated carbocycles. The van der Waals surface area contributed by atoms with Crippen molar-refractivity contribution in [2.75, 3.05) is 14.2 Å². The number of methoxy groups -OCH3 is 2. The quantitative estimate of drug-likeness (QED) is 0.228. The highest BCUT2D eigenvalue weighted by molar-refractivity contribution is 6.20. The van der Waals surface area contributed by atoms with Crippen LogP contribution < -0.4 is 0 Å². The summed E-state index contributed by atoms with van der Waals surface area (Å²) in [6.07, 6.45) is 4.61. The minimum Gasteiger partial charge on any atom is -0.481 e. The van der Waals surface area contributed by atoms with Crippen LogP contribution in [0.15, 0.2) is 66.1 Å². The summed E-state index contributed by atoms with van der Waals surface area (Å²) in [6, 6.07) is 15.8. The highest BCUT2D eigenvalue weighted by Crippen LogP contribution is 2.31. The number of rotatable bonds is 12. The molecule has 0 spiro atoms. The van der Waals surface area contributed by atoms with Crippen molar-refractivity contribution >= 4 is 22.5 Å². The van der Waals surface area contributed by atoms with Crippen molar-refractivity contribution in [1.29, 1.82) is 0 Å². The Morgan fingerprint density at radius 2 is 1.88 bits per heavy atom. The van der Waals surface area contributed by atoms with Crippen LogP contribution in [-0.2, 0) is 19.1 Å². The number of pyridine rings is 1. The van der Waals surface area contributed by atoms with Crippen molar-refractivity contribution in [2.45, 2.75) is 45.0 Å². The van der Waals surface area contributed by atoms with Gasteiger partial charge in [-0.3, -0.25) is 9.78 Å². The van der Waals surface area contributed by atoms with Gasteiger partial charge in [-0.2, -0.15) is 0 Å². The normalized spacial score (nSPS) is 12.8. The Morgan fingerprint density at radius 1 is 1.09 bits per heavy atom. The largest absolute Gasteiger partial charge is 0.481 e. The first-order chi connectivity index (χ1) is 16.1. The third-order valence-corrected chi connectivity index (χ3v) is 5.48. The van der Waals surface area contributed by atoms with Crippen molar-refractivity contribution in [3.05, 3.63) is 77.6 Å². The van der Waals surface area contributed by atoms with Crippen LogP contribution in [0.1, 0.15) is 55.6 Å². The molecule has 0 amide bonds. The Morgan fingerprint density at radius 3 is 2.55 bits per heavy atom. The first-order valence-electron chi connectivity index (χ1n) is 11.0. The van der Waals surface area contributed by atoms with E-state index in [9.17, 15) is 4.79 Å². The van der Waals surface area contributed by atoms with Crippen LogP contribution in [0, 0.1) is 0 Å². The van der Waals surface area contributed by atoms with Crippen molar-refractivity contribution in [3.63, 3.8) is 0 Å². The van der Waals surface area contributed by atoms with Crippen LogP contribution in [0.2, 0.25) is 0 Å². The molecule has 0 saturated heterocycles. The number of benzene rings is 2. The molecule has 0 aliphatic carbocycles. The van der Waals surface area contributed by atoms with E-state index in [-0.39, 0.29) is 12.5 Å². The molecule has 1 unspecified atom stereocenters. The van der Waals surface area contributed by atoms with E-state index in [4.69, 9.17) is 19.4 Å². The number of carbonyl (C=O) groups is 1. The molecule has 7 heteroatoms. The van der Waals surface area contributed by atoms with Gasteiger partial charge in [0.1, 0.15) is 11.8 Å². The topological polar surface area (TPSA) is 90.2 Å². The minimum atomic E-state index is -0.810. The number of fused-ring (bicyclic) bond motifs is 1. The van der Waals surface area contributed by atoms with Gasteiger partial charge in [0.15, 0.2) is 6.29 Å². The van der Waals surface area contributed by atoms with Gasteiger partial charge in [-0.1, -0.05) is 48.5 Å². The van der Waals surface area contributed by atoms with E-state index >= 15 is 0 Å². The lowest BCUT2D eigenvalue weighted by atomic mass is 9.92. The van der Waals surface area contributed by atoms with Gasteiger partial charge in [0, 0.05) is 49.7 Å². The summed E-state index contributed by atoms with van der Waals surface area (Å²) in [5, 5.41) is 15.6. The standard InChI is InChI=1S/C26H30N2O5/c1-4-20(11-7-13-23(29)30)33-28-25(19-10-8-16-27-17-19)24-21-12-6-5-9-18(21)14-15-22(24)26(31-2)32-3/h5-6,8-10,12,14-17,20,26H,4,7,11,13H2,1-3H3,(H,29,30). The molecule has 0 radical (unpaired) electrons. The molecule has 1 N–H and O–H groups in total. The number of hydrogen-bond acceptors (Lipinski definition) is 6. The first-order valence-corrected chi connectivity index (χ1v) is 11.0. The van der Waals surface area contributed by atoms with Crippen molar-refractivity contribution < 1.29 is 24.2 Å². The monoisotopic (exact) mass is 450 g/mol. The van der Waals surface area contributed by atoms with Crippen molar-refractivity contribution in [3.8, 4) is 0 Å². The maximum absolute atomic E-state index is 10.9. The summed E-state index contributed by atoms with van der Waals surface area (Å²) in [4.78, 5) is 21.1. The fourth-order valence-electron chi connectivity index (χ4n) is 3.78. The summed E-state index contributed by atoms with van der Waals surface area (Å²) >= 11 is 0. The van der Waals surface area contributed by atoms with Gasteiger partial charge < -0.3 is 19.4 Å². The molecule has 2 aromatic carbocycles. The third kappa shape index (κ3) is 6.15. The van der Waals surface area contributed by atoms with Crippen LogP contribution in [0.4, 0.5) is 0 Å². The Hall–Kier alpha value is -3.29. The molecule has 0 aliphatic heterocycles. The lowest BCUT2D eigenvalue weighted by Crippen LogP contribution is -2.16. The molecule has 3 rings (SSSR count). The Kier molecular flexibility index (Phi) is 8.92. The second-order valence-corrected chi connectivity index (χ2v) is 7.66. The third-order valence-electron chi connectivity index (χ3n) is 5.48. The van der Waals surface area contributed by atoms with E-state index in [1.165, 1.54) is 0 Å². The summed E-state index contributed by atoms with van der Waals surface area (Å²) in [5.41, 5.74) is 3.08. The van der Waals surface area contributed by atoms with Gasteiger partial charge in [0.05, 0.1) is 0 Å². The minimum absolute atomic E-state index is 0.107. The van der Waals surface area contributed by atoms with Crippen LogP contribution in [0.25, 0.3) is 10.8 Å². The average Bonchev–Trinajstić information content (AvgIpc) is 2.84. The predicted octanol–water partition coefficient (Wildman–Crippen LogP) is 5.33. The van der Waals surface area contributed by atoms with Crippen LogP contribution in [0.5, 0.6) is 0 Å². The fourth-order valence-corrected chi connectivity index (χ4v) is 3.78. The SMILES string of the molecule is CCC(CCCC(=O)O)ON=C(c1cccnc1)c1c(C(OC)OC)ccc2ccccc12. The van der Waals surface area contributed by atoms with Gasteiger partial charge >= 0.3 is 5.97 Å². The van der Waals surface area contributed by atoms with E-state index in [1.54, 1.807) is 26.6 Å². The molecule has 1 heterocycles. The van der Waals surface area contributed by atoms with Gasteiger partial charge in [-0.05, 0) is 42.2 Å². The molecule has 7 nitrogen and oxygen atoms in total. The fraction of sp³-hybridized carbons (Fsp3) is 0.346. The lowest BCUT2D eigenvalue weighted by molar-refractivity contribution is -0.137. The number of nitrogens with zero attached hydrogens (tertiary/aromatic N) is 2. The maximum Gasteiger partial charge on any atom is 0.303 e. The Labute approximate surface area is 194 Å². The highest BCUT2D eigenvalue weighted by atomic mass is 16.7. The number of hydrogen-bond donors (Lipinski definition) is 1. The molecule has 1 aromatic heterocycles. The van der Waals surface area contributed by atoms with Crippen molar-refractivity contribution in [1.82, 2.24) is 4.98 Å². The zero-order valence-electron chi connectivity index (χ0n) is 19.2. The molecule has 3 aromatic rings. The van der Waals surface area contributed by atoms with E-state index in [0.29, 0.717) is 25.0 Å². The molecule has 33 heavy (non-hydrogen) atoms. The van der Waals surface area contributed by atoms with E-state index in [0.717, 1.165) is 27.5 Å². The number of carboxylic acid groups (broad SMARTS) is 1. The number of ether oxygens (including phenoxy) is 2. The van der Waals surface area contributed by atoms with E-state index in [1.807, 2.05) is 55.5 Å². The number of oxime groups is 1. The van der Waals surface area contributed by atoms with E-state index < -0.39 is 12.3 Å². The maximum atomic E-state index is 10.9. The van der Waals surface area contributed by atoms with Crippen LogP contribution >= 0.6 is 0 Å². The lowest BCUT2D eigenvalue weighted by Gasteiger charge is -2.21. The van der Waals surface area contributed by atoms with Gasteiger partial charge in [-0.25, -0.2) is 0 Å². The zero-order valence-corrected chi connectivity index (χ0v) is 19.2. The average molecular weight is 451 g/mol. The molecular weight excluding hydrogens is 420 g/mol. The molecule has 1 atom stereocenters. The van der Waals surface area contributed by atoms with Gasteiger partial charge in [0.2, 0.25) is 0 Å². The summed E-state index contributed by atoms with van der Waals surface area (Å²) in [7, 11) is 3.19. The highest BCUT2D eigenvalue weighted by Gasteiger charge is 2.23. The van der Waals surface area contributed by atoms with Crippen LogP contribution in [0.3, 0.4) is 0 Å². The summed E-state index contributed by atoms with van der Waals surface area (Å²) in [6.45, 7) is 2.00. The molecule has 0 bridgehead atoms. The summed E-state index contributed by atoms with van der Waals surface area (Å²) < 4.78 is 11.2. The smallest absolute Gasteiger partial charge is 0.303 e. The van der Waals surface area contributed by atoms with E-state index in [2.05, 4.69) is 10.1 Å². The first kappa shape index (κ1) is 24.4. The molecular formula is C26H30N2O5. The number of carboxylic acids is 1. The van der Waals surface area contributed by atoms with Gasteiger partial charge in [0.25, 0.3) is 0 Å². The Balaban J connectivity index is 2.12. The molecule has 0 aliphatic rings. The van der Waals surface area contributed by atoms with Gasteiger partial charge in [-0.15, -0.1) is 0 Å². The van der Waals surface area contributed by atoms with Crippen LogP contribution in [-0.4, -0.2) is 42.1 Å². The molecule has 0 fully saturated rings.